The molecule has 62 valence electrons. The molecule has 0 N–H and O–H groups in total. The van der Waals surface area contributed by atoms with Gasteiger partial charge in [0.25, 0.3) is 0 Å². The highest BCUT2D eigenvalue weighted by Gasteiger charge is 2.01. The summed E-state index contributed by atoms with van der Waals surface area (Å²) >= 11 is 7.61. The second kappa shape index (κ2) is 3.08. The summed E-state index contributed by atoms with van der Waals surface area (Å²) in [5.41, 5.74) is 2.54. The molecule has 1 aromatic heterocycles. The highest BCUT2D eigenvalue weighted by Crippen LogP contribution is 2.26. The van der Waals surface area contributed by atoms with E-state index in [1.807, 2.05) is 0 Å². The zero-order chi connectivity index (χ0) is 8.55. The van der Waals surface area contributed by atoms with Gasteiger partial charge in [-0.25, -0.2) is 0 Å². The molecule has 0 aliphatic carbocycles. The summed E-state index contributed by atoms with van der Waals surface area (Å²) in [4.78, 5) is 0. The molecule has 1 aromatic carbocycles. The van der Waals surface area contributed by atoms with Gasteiger partial charge in [0.05, 0.1) is 0 Å². The summed E-state index contributed by atoms with van der Waals surface area (Å²) in [6, 6.07) is 6.50. The fourth-order valence-corrected chi connectivity index (χ4v) is 2.56. The van der Waals surface area contributed by atoms with Crippen LogP contribution in [0.25, 0.3) is 10.1 Å². The normalized spacial score (nSPS) is 10.8. The summed E-state index contributed by atoms with van der Waals surface area (Å²) in [6.07, 6.45) is 0. The van der Waals surface area contributed by atoms with E-state index in [0.717, 1.165) is 0 Å². The number of thiophene rings is 1. The van der Waals surface area contributed by atoms with E-state index in [1.165, 1.54) is 21.2 Å². The van der Waals surface area contributed by atoms with Crippen LogP contribution in [0, 0.1) is 6.92 Å². The zero-order valence-electron chi connectivity index (χ0n) is 6.80. The monoisotopic (exact) mass is 196 g/mol. The lowest BCUT2D eigenvalue weighted by Crippen LogP contribution is -1.80. The van der Waals surface area contributed by atoms with Crippen LogP contribution in [0.15, 0.2) is 23.6 Å². The van der Waals surface area contributed by atoms with Crippen LogP contribution in [0.2, 0.25) is 0 Å². The summed E-state index contributed by atoms with van der Waals surface area (Å²) in [5, 5.41) is 3.42. The molecule has 12 heavy (non-hydrogen) atoms. The van der Waals surface area contributed by atoms with Crippen LogP contribution in [0.1, 0.15) is 11.1 Å². The SMILES string of the molecule is Cc1cc(CCl)c2ccsc2c1. The Balaban J connectivity index is 2.80. The van der Waals surface area contributed by atoms with Crippen molar-refractivity contribution < 1.29 is 0 Å². The summed E-state index contributed by atoms with van der Waals surface area (Å²) in [5.74, 6) is 0.606. The third kappa shape index (κ3) is 1.23. The molecular formula is C10H9ClS. The minimum atomic E-state index is 0.606. The van der Waals surface area contributed by atoms with Gasteiger partial charge in [0.15, 0.2) is 0 Å². The number of fused-ring (bicyclic) bond motifs is 1. The molecule has 0 amide bonds. The van der Waals surface area contributed by atoms with Gasteiger partial charge < -0.3 is 0 Å². The highest BCUT2D eigenvalue weighted by molar-refractivity contribution is 7.17. The van der Waals surface area contributed by atoms with Crippen molar-refractivity contribution in [3.05, 3.63) is 34.7 Å². The largest absolute Gasteiger partial charge is 0.144 e. The van der Waals surface area contributed by atoms with Crippen molar-refractivity contribution in [2.24, 2.45) is 0 Å². The van der Waals surface area contributed by atoms with Crippen LogP contribution < -0.4 is 0 Å². The van der Waals surface area contributed by atoms with E-state index in [9.17, 15) is 0 Å². The molecule has 0 bridgehead atoms. The van der Waals surface area contributed by atoms with Gasteiger partial charge in [-0.15, -0.1) is 22.9 Å². The first-order chi connectivity index (χ1) is 5.81. The molecular weight excluding hydrogens is 188 g/mol. The first-order valence-corrected chi connectivity index (χ1v) is 5.25. The van der Waals surface area contributed by atoms with Gasteiger partial charge in [0.2, 0.25) is 0 Å². The second-order valence-electron chi connectivity index (χ2n) is 2.89. The van der Waals surface area contributed by atoms with E-state index in [-0.39, 0.29) is 0 Å². The lowest BCUT2D eigenvalue weighted by Gasteiger charge is -1.99. The van der Waals surface area contributed by atoms with Gasteiger partial charge in [-0.2, -0.15) is 0 Å². The van der Waals surface area contributed by atoms with Crippen molar-refractivity contribution >= 4 is 33.0 Å². The van der Waals surface area contributed by atoms with Gasteiger partial charge in [-0.3, -0.25) is 0 Å². The molecule has 0 radical (unpaired) electrons. The van der Waals surface area contributed by atoms with Crippen molar-refractivity contribution in [2.75, 3.05) is 0 Å². The molecule has 0 fully saturated rings. The van der Waals surface area contributed by atoms with Crippen molar-refractivity contribution in [2.45, 2.75) is 12.8 Å². The molecule has 0 atom stereocenters. The van der Waals surface area contributed by atoms with E-state index in [2.05, 4.69) is 30.5 Å². The molecule has 2 heteroatoms. The topological polar surface area (TPSA) is 0 Å². The maximum atomic E-state index is 5.84. The predicted molar refractivity (Wildman–Crippen MR) is 56.1 cm³/mol. The van der Waals surface area contributed by atoms with Crippen molar-refractivity contribution in [1.29, 1.82) is 0 Å². The molecule has 2 rings (SSSR count). The molecule has 0 aliphatic heterocycles. The smallest absolute Gasteiger partial charge is 0.0480 e. The minimum absolute atomic E-state index is 0.606. The fourth-order valence-electron chi connectivity index (χ4n) is 1.41. The number of rotatable bonds is 1. The molecule has 0 aliphatic rings. The Morgan fingerprint density at radius 3 is 3.00 bits per heavy atom. The van der Waals surface area contributed by atoms with E-state index < -0.39 is 0 Å². The molecule has 0 unspecified atom stereocenters. The fraction of sp³-hybridized carbons (Fsp3) is 0.200. The molecule has 0 saturated carbocycles. The summed E-state index contributed by atoms with van der Waals surface area (Å²) in [7, 11) is 0. The lowest BCUT2D eigenvalue weighted by atomic mass is 10.1. The van der Waals surface area contributed by atoms with Crippen molar-refractivity contribution in [3.63, 3.8) is 0 Å². The number of hydrogen-bond acceptors (Lipinski definition) is 1. The van der Waals surface area contributed by atoms with Crippen LogP contribution in [0.3, 0.4) is 0 Å². The number of alkyl halides is 1. The third-order valence-electron chi connectivity index (χ3n) is 1.95. The maximum Gasteiger partial charge on any atom is 0.0480 e. The van der Waals surface area contributed by atoms with Crippen LogP contribution in [0.5, 0.6) is 0 Å². The Kier molecular flexibility index (Phi) is 2.07. The second-order valence-corrected chi connectivity index (χ2v) is 4.11. The third-order valence-corrected chi connectivity index (χ3v) is 3.10. The first kappa shape index (κ1) is 8.09. The Labute approximate surface area is 80.8 Å². The number of aryl methyl sites for hydroxylation is 1. The summed E-state index contributed by atoms with van der Waals surface area (Å²) in [6.45, 7) is 2.11. The van der Waals surface area contributed by atoms with Gasteiger partial charge >= 0.3 is 0 Å². The zero-order valence-corrected chi connectivity index (χ0v) is 8.38. The minimum Gasteiger partial charge on any atom is -0.144 e. The number of halogens is 1. The number of hydrogen-bond donors (Lipinski definition) is 0. The van der Waals surface area contributed by atoms with E-state index in [4.69, 9.17) is 11.6 Å². The molecule has 1 heterocycles. The maximum absolute atomic E-state index is 5.84. The molecule has 0 nitrogen and oxygen atoms in total. The molecule has 2 aromatic rings. The predicted octanol–water partition coefficient (Wildman–Crippen LogP) is 3.95. The lowest BCUT2D eigenvalue weighted by molar-refractivity contribution is 1.40. The van der Waals surface area contributed by atoms with Crippen LogP contribution in [0.4, 0.5) is 0 Å². The van der Waals surface area contributed by atoms with E-state index in [0.29, 0.717) is 5.88 Å². The Bertz CT molecular complexity index is 403. The van der Waals surface area contributed by atoms with Gasteiger partial charge in [0.1, 0.15) is 0 Å². The van der Waals surface area contributed by atoms with Gasteiger partial charge in [-0.1, -0.05) is 6.07 Å². The quantitative estimate of drug-likeness (QED) is 0.606. The highest BCUT2D eigenvalue weighted by atomic mass is 35.5. The van der Waals surface area contributed by atoms with Crippen molar-refractivity contribution in [3.8, 4) is 0 Å². The Morgan fingerprint density at radius 2 is 2.25 bits per heavy atom. The van der Waals surface area contributed by atoms with Gasteiger partial charge in [0, 0.05) is 10.6 Å². The molecule has 0 spiro atoms. The van der Waals surface area contributed by atoms with Crippen LogP contribution >= 0.6 is 22.9 Å². The van der Waals surface area contributed by atoms with Crippen LogP contribution in [-0.2, 0) is 5.88 Å². The van der Waals surface area contributed by atoms with E-state index >= 15 is 0 Å². The Hall–Kier alpha value is -0.530. The van der Waals surface area contributed by atoms with Crippen molar-refractivity contribution in [1.82, 2.24) is 0 Å². The molecule has 0 saturated heterocycles. The van der Waals surface area contributed by atoms with E-state index in [1.54, 1.807) is 11.3 Å². The summed E-state index contributed by atoms with van der Waals surface area (Å²) < 4.78 is 1.34. The first-order valence-electron chi connectivity index (χ1n) is 3.84. The average molecular weight is 197 g/mol. The van der Waals surface area contributed by atoms with Gasteiger partial charge in [-0.05, 0) is 40.9 Å². The standard InChI is InChI=1S/C10H9ClS/c1-7-4-8(6-11)9-2-3-12-10(9)5-7/h2-5H,6H2,1H3. The average Bonchev–Trinajstić information content (AvgIpc) is 2.50. The van der Waals surface area contributed by atoms with Crippen LogP contribution in [-0.4, -0.2) is 0 Å². The Morgan fingerprint density at radius 1 is 1.42 bits per heavy atom. The number of benzene rings is 1.